The fourth-order valence-corrected chi connectivity index (χ4v) is 2.78. The third-order valence-electron chi connectivity index (χ3n) is 4.05. The van der Waals surface area contributed by atoms with Crippen LogP contribution in [0, 0.1) is 6.92 Å². The molecule has 0 aliphatic rings. The Bertz CT molecular complexity index is 908. The van der Waals surface area contributed by atoms with E-state index in [0.717, 1.165) is 11.1 Å². The number of halogens is 1. The van der Waals surface area contributed by atoms with Crippen LogP contribution in [0.4, 0.5) is 0 Å². The molecular weight excluding hydrogens is 410 g/mol. The van der Waals surface area contributed by atoms with Crippen LogP contribution in [0.3, 0.4) is 0 Å². The van der Waals surface area contributed by atoms with Crippen molar-refractivity contribution in [1.29, 1.82) is 0 Å². The van der Waals surface area contributed by atoms with E-state index >= 15 is 0 Å². The predicted molar refractivity (Wildman–Crippen MR) is 118 cm³/mol. The number of hydrogen-bond donors (Lipinski definition) is 3. The second kappa shape index (κ2) is 9.71. The lowest BCUT2D eigenvalue weighted by atomic mass is 9.87. The van der Waals surface area contributed by atoms with E-state index in [2.05, 4.69) is 36.9 Å². The Balaban J connectivity index is 1.78. The number of benzene rings is 2. The largest absolute Gasteiger partial charge is 0.483 e. The van der Waals surface area contributed by atoms with Crippen LogP contribution in [0.1, 0.15) is 42.3 Å². The minimum Gasteiger partial charge on any atom is -0.483 e. The maximum atomic E-state index is 12.2. The fraction of sp³-hybridized carbons (Fsp3) is 0.286. The topological polar surface area (TPSA) is 79.5 Å². The van der Waals surface area contributed by atoms with Gasteiger partial charge in [-0.05, 0) is 66.0 Å². The quantitative estimate of drug-likeness (QED) is 0.506. The maximum Gasteiger partial charge on any atom is 0.276 e. The molecule has 0 unspecified atom stereocenters. The normalized spacial score (nSPS) is 10.8. The van der Waals surface area contributed by atoms with Crippen molar-refractivity contribution >= 4 is 40.7 Å². The molecule has 2 rings (SSSR count). The first-order chi connectivity index (χ1) is 13.6. The number of aryl methyl sites for hydroxylation is 1. The summed E-state index contributed by atoms with van der Waals surface area (Å²) in [4.78, 5) is 24.1. The van der Waals surface area contributed by atoms with Crippen LogP contribution < -0.4 is 20.9 Å². The molecule has 0 aromatic heterocycles. The summed E-state index contributed by atoms with van der Waals surface area (Å²) in [5, 5.41) is 3.08. The Morgan fingerprint density at radius 3 is 2.31 bits per heavy atom. The van der Waals surface area contributed by atoms with Gasteiger partial charge >= 0.3 is 0 Å². The van der Waals surface area contributed by atoms with E-state index in [0.29, 0.717) is 16.3 Å². The molecule has 0 fully saturated rings. The van der Waals surface area contributed by atoms with Crippen LogP contribution >= 0.6 is 23.8 Å². The van der Waals surface area contributed by atoms with Crippen molar-refractivity contribution < 1.29 is 14.3 Å². The van der Waals surface area contributed by atoms with E-state index in [1.807, 2.05) is 19.1 Å². The van der Waals surface area contributed by atoms with E-state index in [9.17, 15) is 9.59 Å². The first-order valence-corrected chi connectivity index (χ1v) is 9.74. The zero-order chi connectivity index (χ0) is 21.6. The second-order valence-corrected chi connectivity index (χ2v) is 8.33. The standard InChI is InChI=1S/C21H24ClN3O3S/c1-13-11-16(22)9-10-17(13)28-12-18(26)24-25-20(29)23-19(27)14-5-7-15(8-6-14)21(2,3)4/h5-11H,12H2,1-4H3,(H,24,26)(H2,23,25,27,29). The highest BCUT2D eigenvalue weighted by Crippen LogP contribution is 2.22. The van der Waals surface area contributed by atoms with Gasteiger partial charge in [-0.25, -0.2) is 0 Å². The lowest BCUT2D eigenvalue weighted by Crippen LogP contribution is -2.49. The number of ether oxygens (including phenoxy) is 1. The molecule has 2 aromatic rings. The summed E-state index contributed by atoms with van der Waals surface area (Å²) < 4.78 is 5.43. The summed E-state index contributed by atoms with van der Waals surface area (Å²) in [5.41, 5.74) is 7.26. The Hall–Kier alpha value is -2.64. The highest BCUT2D eigenvalue weighted by atomic mass is 35.5. The molecular formula is C21H24ClN3O3S. The average molecular weight is 434 g/mol. The summed E-state index contributed by atoms with van der Waals surface area (Å²) in [6.07, 6.45) is 0. The Morgan fingerprint density at radius 2 is 1.72 bits per heavy atom. The van der Waals surface area contributed by atoms with Gasteiger partial charge in [-0.1, -0.05) is 44.5 Å². The van der Waals surface area contributed by atoms with E-state index < -0.39 is 5.91 Å². The summed E-state index contributed by atoms with van der Waals surface area (Å²) in [6.45, 7) is 7.90. The minimum absolute atomic E-state index is 0.00274. The van der Waals surface area contributed by atoms with Gasteiger partial charge in [-0.3, -0.25) is 25.8 Å². The first kappa shape index (κ1) is 22.6. The minimum atomic E-state index is -0.453. The molecule has 0 saturated heterocycles. The van der Waals surface area contributed by atoms with Gasteiger partial charge in [-0.2, -0.15) is 0 Å². The third-order valence-corrected chi connectivity index (χ3v) is 4.49. The highest BCUT2D eigenvalue weighted by Gasteiger charge is 2.15. The number of carbonyl (C=O) groups is 2. The summed E-state index contributed by atoms with van der Waals surface area (Å²) in [6, 6.07) is 12.4. The number of nitrogens with one attached hydrogen (secondary N) is 3. The molecule has 0 bridgehead atoms. The van der Waals surface area contributed by atoms with Gasteiger partial charge in [0.2, 0.25) is 0 Å². The fourth-order valence-electron chi connectivity index (χ4n) is 2.41. The van der Waals surface area contributed by atoms with E-state index in [1.165, 1.54) is 0 Å². The van der Waals surface area contributed by atoms with Crippen molar-refractivity contribution in [2.75, 3.05) is 6.61 Å². The molecule has 29 heavy (non-hydrogen) atoms. The lowest BCUT2D eigenvalue weighted by Gasteiger charge is -2.19. The van der Waals surface area contributed by atoms with Crippen LogP contribution in [0.2, 0.25) is 5.02 Å². The zero-order valence-corrected chi connectivity index (χ0v) is 18.3. The third kappa shape index (κ3) is 7.03. The molecule has 0 saturated carbocycles. The van der Waals surface area contributed by atoms with Gasteiger partial charge in [0.1, 0.15) is 5.75 Å². The monoisotopic (exact) mass is 433 g/mol. The average Bonchev–Trinajstić information content (AvgIpc) is 2.65. The summed E-state index contributed by atoms with van der Waals surface area (Å²) in [5.74, 6) is -0.269. The molecule has 0 radical (unpaired) electrons. The molecule has 0 atom stereocenters. The van der Waals surface area contributed by atoms with Crippen molar-refractivity contribution in [1.82, 2.24) is 16.2 Å². The van der Waals surface area contributed by atoms with Gasteiger partial charge in [0.05, 0.1) is 0 Å². The number of carbonyl (C=O) groups excluding carboxylic acids is 2. The van der Waals surface area contributed by atoms with Crippen molar-refractivity contribution in [3.63, 3.8) is 0 Å². The number of rotatable bonds is 4. The van der Waals surface area contributed by atoms with Crippen LogP contribution in [0.5, 0.6) is 5.75 Å². The second-order valence-electron chi connectivity index (χ2n) is 7.48. The molecule has 8 heteroatoms. The van der Waals surface area contributed by atoms with Crippen LogP contribution in [0.25, 0.3) is 0 Å². The molecule has 2 aromatic carbocycles. The Morgan fingerprint density at radius 1 is 1.07 bits per heavy atom. The summed E-state index contributed by atoms with van der Waals surface area (Å²) >= 11 is 10.9. The Kier molecular flexibility index (Phi) is 7.59. The molecule has 6 nitrogen and oxygen atoms in total. The number of thiocarbonyl (C=S) groups is 1. The molecule has 154 valence electrons. The molecule has 2 amide bonds. The Labute approximate surface area is 180 Å². The van der Waals surface area contributed by atoms with E-state index in [1.54, 1.807) is 30.3 Å². The van der Waals surface area contributed by atoms with Gasteiger partial charge in [0, 0.05) is 10.6 Å². The predicted octanol–water partition coefficient (Wildman–Crippen LogP) is 3.66. The van der Waals surface area contributed by atoms with Gasteiger partial charge in [-0.15, -0.1) is 0 Å². The summed E-state index contributed by atoms with van der Waals surface area (Å²) in [7, 11) is 0. The molecule has 0 aliphatic carbocycles. The SMILES string of the molecule is Cc1cc(Cl)ccc1OCC(=O)NNC(=S)NC(=O)c1ccc(C(C)(C)C)cc1. The first-order valence-electron chi connectivity index (χ1n) is 8.96. The van der Waals surface area contributed by atoms with Crippen molar-refractivity contribution in [2.45, 2.75) is 33.1 Å². The molecule has 0 aliphatic heterocycles. The van der Waals surface area contributed by atoms with Gasteiger partial charge in [0.25, 0.3) is 11.8 Å². The highest BCUT2D eigenvalue weighted by molar-refractivity contribution is 7.80. The zero-order valence-electron chi connectivity index (χ0n) is 16.8. The van der Waals surface area contributed by atoms with E-state index in [-0.39, 0.29) is 23.0 Å². The van der Waals surface area contributed by atoms with Crippen LogP contribution in [-0.4, -0.2) is 23.5 Å². The van der Waals surface area contributed by atoms with Gasteiger partial charge < -0.3 is 4.74 Å². The molecule has 3 N–H and O–H groups in total. The smallest absolute Gasteiger partial charge is 0.276 e. The molecule has 0 spiro atoms. The number of hydrogen-bond acceptors (Lipinski definition) is 4. The molecule has 0 heterocycles. The number of hydrazine groups is 1. The van der Waals surface area contributed by atoms with Crippen LogP contribution in [-0.2, 0) is 10.2 Å². The van der Waals surface area contributed by atoms with Crippen molar-refractivity contribution in [2.24, 2.45) is 0 Å². The maximum absolute atomic E-state index is 12.2. The van der Waals surface area contributed by atoms with Crippen LogP contribution in [0.15, 0.2) is 42.5 Å². The van der Waals surface area contributed by atoms with E-state index in [4.69, 9.17) is 28.6 Å². The van der Waals surface area contributed by atoms with Crippen molar-refractivity contribution in [3.05, 3.63) is 64.2 Å². The van der Waals surface area contributed by atoms with Gasteiger partial charge in [0.15, 0.2) is 11.7 Å². The van der Waals surface area contributed by atoms with Crippen molar-refractivity contribution in [3.8, 4) is 5.75 Å². The number of amides is 2. The lowest BCUT2D eigenvalue weighted by molar-refractivity contribution is -0.123.